The van der Waals surface area contributed by atoms with Crippen molar-refractivity contribution in [2.45, 2.75) is 17.8 Å². The van der Waals surface area contributed by atoms with Gasteiger partial charge in [0.1, 0.15) is 0 Å². The molecule has 2 atom stereocenters. The minimum absolute atomic E-state index is 0.228. The van der Waals surface area contributed by atoms with Crippen LogP contribution < -0.4 is 4.90 Å². The Morgan fingerprint density at radius 1 is 1.27 bits per heavy atom. The summed E-state index contributed by atoms with van der Waals surface area (Å²) in [6, 6.07) is 14.5. The van der Waals surface area contributed by atoms with Crippen molar-refractivity contribution in [1.29, 1.82) is 0 Å². The van der Waals surface area contributed by atoms with Crippen molar-refractivity contribution in [1.82, 2.24) is 10.2 Å². The first-order valence-corrected chi connectivity index (χ1v) is 7.52. The number of benzene rings is 2. The van der Waals surface area contributed by atoms with E-state index in [9.17, 15) is 4.79 Å². The molecule has 2 heterocycles. The van der Waals surface area contributed by atoms with E-state index in [1.54, 1.807) is 0 Å². The number of aromatic amines is 1. The van der Waals surface area contributed by atoms with Gasteiger partial charge in [-0.25, -0.2) is 0 Å². The van der Waals surface area contributed by atoms with E-state index in [-0.39, 0.29) is 17.2 Å². The topological polar surface area (TPSA) is 49.0 Å². The lowest BCUT2D eigenvalue weighted by Crippen LogP contribution is -2.29. The van der Waals surface area contributed by atoms with Crippen LogP contribution in [0.2, 0.25) is 0 Å². The number of H-pyrrole nitrogens is 1. The van der Waals surface area contributed by atoms with Crippen LogP contribution in [0.5, 0.6) is 0 Å². The number of fused-ring (bicyclic) bond motifs is 3. The molecule has 1 aromatic heterocycles. The summed E-state index contributed by atoms with van der Waals surface area (Å²) in [7, 11) is 1.88. The van der Waals surface area contributed by atoms with Gasteiger partial charge in [0.15, 0.2) is 0 Å². The van der Waals surface area contributed by atoms with E-state index >= 15 is 0 Å². The van der Waals surface area contributed by atoms with E-state index < -0.39 is 0 Å². The van der Waals surface area contributed by atoms with Gasteiger partial charge >= 0.3 is 0 Å². The van der Waals surface area contributed by atoms with Crippen molar-refractivity contribution in [3.8, 4) is 0 Å². The minimum atomic E-state index is -0.344. The van der Waals surface area contributed by atoms with Gasteiger partial charge in [-0.15, -0.1) is 0 Å². The quantitative estimate of drug-likeness (QED) is 0.748. The van der Waals surface area contributed by atoms with Crippen molar-refractivity contribution in [3.05, 3.63) is 59.8 Å². The SMILES string of the molecule is CN1C(=O)C2(CC2c2ccc3[nH]ncc3c2)c2ccccc21. The number of anilines is 1. The second-order valence-electron chi connectivity index (χ2n) is 6.33. The second-order valence-corrected chi connectivity index (χ2v) is 6.33. The van der Waals surface area contributed by atoms with Crippen LogP contribution in [0.1, 0.15) is 23.5 Å². The maximum Gasteiger partial charge on any atom is 0.238 e. The highest BCUT2D eigenvalue weighted by molar-refractivity contribution is 6.11. The lowest BCUT2D eigenvalue weighted by Gasteiger charge is -2.11. The molecule has 22 heavy (non-hydrogen) atoms. The molecule has 1 aliphatic heterocycles. The minimum Gasteiger partial charge on any atom is -0.314 e. The van der Waals surface area contributed by atoms with Crippen LogP contribution in [0.25, 0.3) is 10.9 Å². The maximum absolute atomic E-state index is 12.9. The highest BCUT2D eigenvalue weighted by atomic mass is 16.2. The summed E-state index contributed by atoms with van der Waals surface area (Å²) in [4.78, 5) is 14.7. The first-order valence-electron chi connectivity index (χ1n) is 7.52. The van der Waals surface area contributed by atoms with Gasteiger partial charge in [0.05, 0.1) is 17.1 Å². The molecule has 5 rings (SSSR count). The Labute approximate surface area is 127 Å². The number of para-hydroxylation sites is 1. The molecule has 1 aliphatic carbocycles. The molecule has 0 bridgehead atoms. The number of hydrogen-bond donors (Lipinski definition) is 1. The van der Waals surface area contributed by atoms with Crippen molar-refractivity contribution in [2.75, 3.05) is 11.9 Å². The molecule has 108 valence electrons. The third kappa shape index (κ3) is 1.28. The van der Waals surface area contributed by atoms with Crippen LogP contribution in [0.3, 0.4) is 0 Å². The summed E-state index contributed by atoms with van der Waals surface area (Å²) in [5, 5.41) is 8.15. The molecule has 1 N–H and O–H groups in total. The molecule has 4 nitrogen and oxygen atoms in total. The Hall–Kier alpha value is -2.62. The molecule has 2 unspecified atom stereocenters. The number of rotatable bonds is 1. The lowest BCUT2D eigenvalue weighted by molar-refractivity contribution is -0.120. The van der Waals surface area contributed by atoms with E-state index in [0.29, 0.717) is 0 Å². The molecule has 0 saturated heterocycles. The molecule has 1 saturated carbocycles. The molecule has 2 aliphatic rings. The van der Waals surface area contributed by atoms with E-state index in [2.05, 4.69) is 34.5 Å². The predicted molar refractivity (Wildman–Crippen MR) is 85.0 cm³/mol. The van der Waals surface area contributed by atoms with Gasteiger partial charge in [-0.05, 0) is 35.7 Å². The second kappa shape index (κ2) is 3.77. The third-order valence-corrected chi connectivity index (χ3v) is 5.26. The van der Waals surface area contributed by atoms with Crippen LogP contribution in [0, 0.1) is 0 Å². The summed E-state index contributed by atoms with van der Waals surface area (Å²) < 4.78 is 0. The first-order chi connectivity index (χ1) is 10.7. The van der Waals surface area contributed by atoms with Crippen LogP contribution in [-0.2, 0) is 10.2 Å². The van der Waals surface area contributed by atoms with Gasteiger partial charge in [-0.2, -0.15) is 5.10 Å². The van der Waals surface area contributed by atoms with E-state index in [0.717, 1.165) is 23.0 Å². The normalized spacial score (nSPS) is 26.0. The predicted octanol–water partition coefficient (Wildman–Crippen LogP) is 2.96. The maximum atomic E-state index is 12.9. The standard InChI is InChI=1S/C18H15N3O/c1-21-16-5-3-2-4-13(16)18(17(21)22)9-14(18)11-6-7-15-12(8-11)10-19-20-15/h2-8,10,14H,9H2,1H3,(H,19,20). The zero-order valence-corrected chi connectivity index (χ0v) is 12.2. The summed E-state index contributed by atoms with van der Waals surface area (Å²) >= 11 is 0. The number of nitrogens with zero attached hydrogens (tertiary/aromatic N) is 2. The molecular weight excluding hydrogens is 274 g/mol. The summed E-state index contributed by atoms with van der Waals surface area (Å²) in [6.07, 6.45) is 2.74. The fraction of sp³-hybridized carbons (Fsp3) is 0.222. The number of carbonyl (C=O) groups is 1. The van der Waals surface area contributed by atoms with Crippen molar-refractivity contribution in [3.63, 3.8) is 0 Å². The largest absolute Gasteiger partial charge is 0.314 e. The lowest BCUT2D eigenvalue weighted by atomic mass is 9.92. The van der Waals surface area contributed by atoms with E-state index in [1.807, 2.05) is 36.3 Å². The van der Waals surface area contributed by atoms with Gasteiger partial charge in [0.2, 0.25) is 5.91 Å². The first kappa shape index (κ1) is 12.0. The molecule has 4 heteroatoms. The molecule has 1 fully saturated rings. The average molecular weight is 289 g/mol. The average Bonchev–Trinajstić information content (AvgIpc) is 3.07. The van der Waals surface area contributed by atoms with Crippen LogP contribution in [0.4, 0.5) is 5.69 Å². The summed E-state index contributed by atoms with van der Waals surface area (Å²) in [6.45, 7) is 0. The van der Waals surface area contributed by atoms with E-state index in [1.165, 1.54) is 11.1 Å². The number of hydrogen-bond acceptors (Lipinski definition) is 2. The molecule has 2 aromatic carbocycles. The van der Waals surface area contributed by atoms with Crippen molar-refractivity contribution < 1.29 is 4.79 Å². The molecule has 1 spiro atoms. The number of nitrogens with one attached hydrogen (secondary N) is 1. The fourth-order valence-corrected chi connectivity index (χ4v) is 4.04. The number of carbonyl (C=O) groups excluding carboxylic acids is 1. The molecule has 1 amide bonds. The van der Waals surface area contributed by atoms with Gasteiger partial charge < -0.3 is 4.90 Å². The van der Waals surface area contributed by atoms with Crippen molar-refractivity contribution in [2.24, 2.45) is 0 Å². The third-order valence-electron chi connectivity index (χ3n) is 5.26. The van der Waals surface area contributed by atoms with Gasteiger partial charge in [-0.1, -0.05) is 24.3 Å². The zero-order valence-electron chi connectivity index (χ0n) is 12.2. The van der Waals surface area contributed by atoms with Gasteiger partial charge in [0.25, 0.3) is 0 Å². The smallest absolute Gasteiger partial charge is 0.238 e. The highest BCUT2D eigenvalue weighted by Crippen LogP contribution is 2.66. The fourth-order valence-electron chi connectivity index (χ4n) is 4.04. The Bertz CT molecular complexity index is 929. The zero-order chi connectivity index (χ0) is 14.9. The molecule has 0 radical (unpaired) electrons. The Balaban J connectivity index is 1.64. The van der Waals surface area contributed by atoms with Crippen LogP contribution in [-0.4, -0.2) is 23.2 Å². The summed E-state index contributed by atoms with van der Waals surface area (Å²) in [5.41, 5.74) is 4.16. The Kier molecular flexibility index (Phi) is 2.05. The van der Waals surface area contributed by atoms with Crippen LogP contribution >= 0.6 is 0 Å². The summed E-state index contributed by atoms with van der Waals surface area (Å²) in [5.74, 6) is 0.497. The monoisotopic (exact) mass is 289 g/mol. The number of likely N-dealkylation sites (N-methyl/N-ethyl adjacent to an activating group) is 1. The number of aromatic nitrogens is 2. The van der Waals surface area contributed by atoms with Gasteiger partial charge in [0, 0.05) is 24.0 Å². The van der Waals surface area contributed by atoms with Crippen LogP contribution in [0.15, 0.2) is 48.7 Å². The highest BCUT2D eigenvalue weighted by Gasteiger charge is 2.66. The van der Waals surface area contributed by atoms with Gasteiger partial charge in [-0.3, -0.25) is 9.89 Å². The Morgan fingerprint density at radius 3 is 3.05 bits per heavy atom. The van der Waals surface area contributed by atoms with Crippen molar-refractivity contribution >= 4 is 22.5 Å². The molecular formula is C18H15N3O. The molecule has 3 aromatic rings. The van der Waals surface area contributed by atoms with E-state index in [4.69, 9.17) is 0 Å². The Morgan fingerprint density at radius 2 is 2.14 bits per heavy atom. The number of amides is 1.